The number of nitrogens with zero attached hydrogens (tertiary/aromatic N) is 2. The van der Waals surface area contributed by atoms with Gasteiger partial charge in [0.15, 0.2) is 11.0 Å². The second-order valence-electron chi connectivity index (χ2n) is 4.46. The molecule has 6 nitrogen and oxygen atoms in total. The van der Waals surface area contributed by atoms with Crippen LogP contribution in [0.2, 0.25) is 0 Å². The SMILES string of the molecule is O=C1NC(=S)N(Cc2ccccc2)C(=O)[C@H]1C=NCCO. The highest BCUT2D eigenvalue weighted by atomic mass is 32.1. The van der Waals surface area contributed by atoms with Crippen molar-refractivity contribution in [2.24, 2.45) is 10.9 Å². The highest BCUT2D eigenvalue weighted by molar-refractivity contribution is 7.80. The van der Waals surface area contributed by atoms with E-state index in [1.54, 1.807) is 0 Å². The number of nitrogens with one attached hydrogen (secondary N) is 1. The predicted octanol–water partition coefficient (Wildman–Crippen LogP) is 0.109. The van der Waals surface area contributed by atoms with Gasteiger partial charge in [-0.25, -0.2) is 0 Å². The second kappa shape index (κ2) is 7.05. The van der Waals surface area contributed by atoms with Gasteiger partial charge in [0.05, 0.1) is 19.7 Å². The molecular formula is C14H15N3O3S. The minimum absolute atomic E-state index is 0.0978. The van der Waals surface area contributed by atoms with Crippen LogP contribution in [-0.4, -0.2) is 46.3 Å². The summed E-state index contributed by atoms with van der Waals surface area (Å²) in [6.45, 7) is 0.314. The average Bonchev–Trinajstić information content (AvgIpc) is 2.48. The summed E-state index contributed by atoms with van der Waals surface area (Å²) in [5, 5.41) is 11.3. The summed E-state index contributed by atoms with van der Waals surface area (Å²) in [6, 6.07) is 9.37. The first-order valence-corrected chi connectivity index (χ1v) is 6.85. The Hall–Kier alpha value is -2.12. The molecule has 2 rings (SSSR count). The Morgan fingerprint density at radius 2 is 2.05 bits per heavy atom. The number of carbonyl (C=O) groups excluding carboxylic acids is 2. The molecule has 0 spiro atoms. The standard InChI is InChI=1S/C14H15N3O3S/c18-7-6-15-8-11-12(19)16-14(21)17(13(11)20)9-10-4-2-1-3-5-10/h1-5,8,11,18H,6-7,9H2,(H,16,19,21)/t11-/m0/s1. The highest BCUT2D eigenvalue weighted by Gasteiger charge is 2.37. The fourth-order valence-corrected chi connectivity index (χ4v) is 2.17. The molecular weight excluding hydrogens is 290 g/mol. The summed E-state index contributed by atoms with van der Waals surface area (Å²) in [6.07, 6.45) is 1.26. The van der Waals surface area contributed by atoms with Crippen LogP contribution in [0.15, 0.2) is 35.3 Å². The number of benzene rings is 1. The third-order valence-corrected chi connectivity index (χ3v) is 3.28. The summed E-state index contributed by atoms with van der Waals surface area (Å²) in [4.78, 5) is 29.4. The van der Waals surface area contributed by atoms with Gasteiger partial charge in [0, 0.05) is 6.21 Å². The average molecular weight is 305 g/mol. The van der Waals surface area contributed by atoms with Crippen molar-refractivity contribution in [2.45, 2.75) is 6.54 Å². The van der Waals surface area contributed by atoms with Crippen LogP contribution in [-0.2, 0) is 16.1 Å². The number of aliphatic hydroxyl groups excluding tert-OH is 1. The van der Waals surface area contributed by atoms with Crippen molar-refractivity contribution in [3.05, 3.63) is 35.9 Å². The second-order valence-corrected chi connectivity index (χ2v) is 4.85. The van der Waals surface area contributed by atoms with E-state index in [1.807, 2.05) is 30.3 Å². The summed E-state index contributed by atoms with van der Waals surface area (Å²) in [7, 11) is 0. The lowest BCUT2D eigenvalue weighted by molar-refractivity contribution is -0.138. The van der Waals surface area contributed by atoms with Gasteiger partial charge in [0.25, 0.3) is 0 Å². The molecule has 0 aliphatic carbocycles. The van der Waals surface area contributed by atoms with Crippen LogP contribution in [0.1, 0.15) is 5.56 Å². The quantitative estimate of drug-likeness (QED) is 0.459. The molecule has 1 aliphatic rings. The van der Waals surface area contributed by atoms with E-state index < -0.39 is 17.7 Å². The molecule has 1 aliphatic heterocycles. The first-order valence-electron chi connectivity index (χ1n) is 6.44. The molecule has 0 unspecified atom stereocenters. The van der Waals surface area contributed by atoms with E-state index in [-0.39, 0.29) is 18.3 Å². The normalized spacial score (nSPS) is 19.2. The fraction of sp³-hybridized carbons (Fsp3) is 0.286. The van der Waals surface area contributed by atoms with Gasteiger partial charge in [-0.2, -0.15) is 0 Å². The largest absolute Gasteiger partial charge is 0.394 e. The Balaban J connectivity index is 2.15. The van der Waals surface area contributed by atoms with Gasteiger partial charge in [-0.05, 0) is 17.8 Å². The van der Waals surface area contributed by atoms with Crippen LogP contribution in [0, 0.1) is 5.92 Å². The van der Waals surface area contributed by atoms with E-state index in [2.05, 4.69) is 10.3 Å². The Morgan fingerprint density at radius 3 is 2.71 bits per heavy atom. The Labute approximate surface area is 127 Å². The van der Waals surface area contributed by atoms with Crippen molar-refractivity contribution in [1.29, 1.82) is 0 Å². The molecule has 0 bridgehead atoms. The van der Waals surface area contributed by atoms with Gasteiger partial charge in [-0.3, -0.25) is 19.5 Å². The van der Waals surface area contributed by atoms with Crippen LogP contribution in [0.3, 0.4) is 0 Å². The first kappa shape index (κ1) is 15.3. The molecule has 0 saturated carbocycles. The van der Waals surface area contributed by atoms with Crippen LogP contribution in [0.25, 0.3) is 0 Å². The molecule has 7 heteroatoms. The van der Waals surface area contributed by atoms with Crippen LogP contribution >= 0.6 is 12.2 Å². The van der Waals surface area contributed by atoms with Gasteiger partial charge in [-0.15, -0.1) is 0 Å². The molecule has 1 saturated heterocycles. The number of rotatable bonds is 5. The van der Waals surface area contributed by atoms with E-state index in [0.717, 1.165) is 5.56 Å². The number of aliphatic hydroxyl groups is 1. The summed E-state index contributed by atoms with van der Waals surface area (Å²) in [5.41, 5.74) is 0.912. The van der Waals surface area contributed by atoms with Gasteiger partial charge in [0.1, 0.15) is 0 Å². The number of hydrogen-bond donors (Lipinski definition) is 2. The van der Waals surface area contributed by atoms with E-state index in [0.29, 0.717) is 6.54 Å². The zero-order valence-corrected chi connectivity index (χ0v) is 12.0. The zero-order valence-electron chi connectivity index (χ0n) is 11.2. The van der Waals surface area contributed by atoms with E-state index in [4.69, 9.17) is 17.3 Å². The monoisotopic (exact) mass is 305 g/mol. The Bertz CT molecular complexity index is 574. The van der Waals surface area contributed by atoms with Crippen molar-refractivity contribution in [1.82, 2.24) is 10.2 Å². The maximum atomic E-state index is 12.4. The molecule has 0 aromatic heterocycles. The third kappa shape index (κ3) is 3.71. The summed E-state index contributed by atoms with van der Waals surface area (Å²) < 4.78 is 0. The maximum absolute atomic E-state index is 12.4. The summed E-state index contributed by atoms with van der Waals surface area (Å²) >= 11 is 5.06. The minimum Gasteiger partial charge on any atom is -0.394 e. The number of aliphatic imine (C=N–C) groups is 1. The predicted molar refractivity (Wildman–Crippen MR) is 81.7 cm³/mol. The lowest BCUT2D eigenvalue weighted by Gasteiger charge is -2.31. The molecule has 1 fully saturated rings. The van der Waals surface area contributed by atoms with E-state index in [1.165, 1.54) is 11.1 Å². The van der Waals surface area contributed by atoms with Crippen molar-refractivity contribution >= 4 is 35.4 Å². The lowest BCUT2D eigenvalue weighted by Crippen LogP contribution is -2.57. The molecule has 0 radical (unpaired) electrons. The van der Waals surface area contributed by atoms with Gasteiger partial charge >= 0.3 is 0 Å². The Morgan fingerprint density at radius 1 is 1.33 bits per heavy atom. The van der Waals surface area contributed by atoms with Crippen LogP contribution in [0.4, 0.5) is 0 Å². The maximum Gasteiger partial charge on any atom is 0.247 e. The first-order chi connectivity index (χ1) is 10.1. The molecule has 1 heterocycles. The van der Waals surface area contributed by atoms with Crippen molar-refractivity contribution < 1.29 is 14.7 Å². The number of thiocarbonyl (C=S) groups is 1. The van der Waals surface area contributed by atoms with Crippen molar-refractivity contribution in [2.75, 3.05) is 13.2 Å². The molecule has 21 heavy (non-hydrogen) atoms. The van der Waals surface area contributed by atoms with Crippen molar-refractivity contribution in [3.63, 3.8) is 0 Å². The van der Waals surface area contributed by atoms with Crippen LogP contribution < -0.4 is 5.32 Å². The number of amides is 2. The number of hydrogen-bond acceptors (Lipinski definition) is 5. The number of carbonyl (C=O) groups is 2. The summed E-state index contributed by atoms with van der Waals surface area (Å²) in [5.74, 6) is -1.91. The lowest BCUT2D eigenvalue weighted by atomic mass is 10.1. The topological polar surface area (TPSA) is 82.0 Å². The van der Waals surface area contributed by atoms with Gasteiger partial charge < -0.3 is 10.4 Å². The highest BCUT2D eigenvalue weighted by Crippen LogP contribution is 2.13. The zero-order chi connectivity index (χ0) is 15.2. The molecule has 1 atom stereocenters. The minimum atomic E-state index is -1.01. The molecule has 110 valence electrons. The van der Waals surface area contributed by atoms with Crippen molar-refractivity contribution in [3.8, 4) is 0 Å². The van der Waals surface area contributed by atoms with E-state index >= 15 is 0 Å². The Kier molecular flexibility index (Phi) is 5.13. The van der Waals surface area contributed by atoms with Gasteiger partial charge in [0.2, 0.25) is 11.8 Å². The molecule has 2 amide bonds. The molecule has 1 aromatic rings. The molecule has 1 aromatic carbocycles. The smallest absolute Gasteiger partial charge is 0.247 e. The fourth-order valence-electron chi connectivity index (χ4n) is 1.92. The van der Waals surface area contributed by atoms with Gasteiger partial charge in [-0.1, -0.05) is 30.3 Å². The third-order valence-electron chi connectivity index (χ3n) is 2.96. The molecule has 2 N–H and O–H groups in total. The van der Waals surface area contributed by atoms with Crippen LogP contribution in [0.5, 0.6) is 0 Å². The van der Waals surface area contributed by atoms with E-state index in [9.17, 15) is 9.59 Å².